The van der Waals surface area contributed by atoms with Gasteiger partial charge in [0.05, 0.1) is 0 Å². The number of nitrogens with one attached hydrogen (secondary N) is 1. The smallest absolute Gasteiger partial charge is 0.407 e. The van der Waals surface area contributed by atoms with Crippen LogP contribution in [0.4, 0.5) is 4.79 Å². The summed E-state index contributed by atoms with van der Waals surface area (Å²) in [5.41, 5.74) is 0. The molecule has 0 rings (SSSR count). The molecule has 0 aliphatic heterocycles. The van der Waals surface area contributed by atoms with Gasteiger partial charge >= 0.3 is 6.09 Å². The highest BCUT2D eigenvalue weighted by Gasteiger charge is 2.00. The van der Waals surface area contributed by atoms with Crippen molar-refractivity contribution in [2.45, 2.75) is 12.8 Å². The summed E-state index contributed by atoms with van der Waals surface area (Å²) in [7, 11) is 3.83. The molecule has 1 N–H and O–H groups in total. The molecule has 6 heteroatoms. The Bertz CT molecular complexity index is 226. The van der Waals surface area contributed by atoms with E-state index in [1.54, 1.807) is 6.26 Å². The second kappa shape index (κ2) is 10.1. The van der Waals surface area contributed by atoms with E-state index in [0.29, 0.717) is 26.3 Å². The summed E-state index contributed by atoms with van der Waals surface area (Å²) in [6, 6.07) is 0. The van der Waals surface area contributed by atoms with Gasteiger partial charge in [0.1, 0.15) is 13.2 Å². The fourth-order valence-electron chi connectivity index (χ4n) is 0.907. The first-order chi connectivity index (χ1) is 7.66. The molecule has 0 spiro atoms. The van der Waals surface area contributed by atoms with Crippen LogP contribution in [-0.2, 0) is 9.47 Å². The van der Waals surface area contributed by atoms with E-state index < -0.39 is 6.09 Å². The minimum Gasteiger partial charge on any atom is -0.448 e. The van der Waals surface area contributed by atoms with Crippen LogP contribution in [0.5, 0.6) is 0 Å². The van der Waals surface area contributed by atoms with E-state index in [1.807, 2.05) is 19.0 Å². The Hall–Kier alpha value is -1.48. The van der Waals surface area contributed by atoms with Gasteiger partial charge in [0.25, 0.3) is 6.26 Å². The predicted octanol–water partition coefficient (Wildman–Crippen LogP) is 0.552. The number of hydrogen-bond acceptors (Lipinski definition) is 5. The first-order valence-electron chi connectivity index (χ1n) is 5.23. The normalized spacial score (nSPS) is 9.62. The molecule has 0 saturated heterocycles. The van der Waals surface area contributed by atoms with E-state index in [2.05, 4.69) is 10.1 Å². The van der Waals surface area contributed by atoms with E-state index in [-0.39, 0.29) is 0 Å². The summed E-state index contributed by atoms with van der Waals surface area (Å²) in [4.78, 5) is 13.0. The molecule has 16 heavy (non-hydrogen) atoms. The number of rotatable bonds is 8. The SMILES string of the molecule is CN(C)CCOC(=O)NCCCCOC#N. The summed E-state index contributed by atoms with van der Waals surface area (Å²) < 4.78 is 9.39. The number of nitrogens with zero attached hydrogens (tertiary/aromatic N) is 2. The number of likely N-dealkylation sites (N-methyl/N-ethyl adjacent to an activating group) is 1. The van der Waals surface area contributed by atoms with E-state index in [4.69, 9.17) is 10.00 Å². The number of ether oxygens (including phenoxy) is 2. The molecule has 92 valence electrons. The lowest BCUT2D eigenvalue weighted by atomic mass is 10.3. The average molecular weight is 229 g/mol. The molecule has 0 aliphatic carbocycles. The Morgan fingerprint density at radius 3 is 2.75 bits per heavy atom. The summed E-state index contributed by atoms with van der Waals surface area (Å²) in [6.07, 6.45) is 2.70. The van der Waals surface area contributed by atoms with E-state index in [9.17, 15) is 4.79 Å². The van der Waals surface area contributed by atoms with Gasteiger partial charge in [-0.15, -0.1) is 0 Å². The van der Waals surface area contributed by atoms with Crippen LogP contribution in [0.2, 0.25) is 0 Å². The third kappa shape index (κ3) is 10.6. The molecular formula is C10H19N3O3. The predicted molar refractivity (Wildman–Crippen MR) is 58.7 cm³/mol. The van der Waals surface area contributed by atoms with Crippen molar-refractivity contribution < 1.29 is 14.3 Å². The van der Waals surface area contributed by atoms with Crippen molar-refractivity contribution in [3.05, 3.63) is 0 Å². The molecule has 0 fully saturated rings. The van der Waals surface area contributed by atoms with Crippen molar-refractivity contribution in [2.75, 3.05) is 40.4 Å². The van der Waals surface area contributed by atoms with Crippen LogP contribution in [0.25, 0.3) is 0 Å². The van der Waals surface area contributed by atoms with Gasteiger partial charge in [-0.2, -0.15) is 5.26 Å². The van der Waals surface area contributed by atoms with Gasteiger partial charge in [0.15, 0.2) is 0 Å². The zero-order valence-electron chi connectivity index (χ0n) is 9.86. The molecule has 6 nitrogen and oxygen atoms in total. The minimum absolute atomic E-state index is 0.385. The average Bonchev–Trinajstić information content (AvgIpc) is 2.22. The fourth-order valence-corrected chi connectivity index (χ4v) is 0.907. The van der Waals surface area contributed by atoms with Crippen LogP contribution >= 0.6 is 0 Å². The number of hydrogen-bond donors (Lipinski definition) is 1. The molecule has 0 aromatic carbocycles. The van der Waals surface area contributed by atoms with Crippen LogP contribution in [0.1, 0.15) is 12.8 Å². The van der Waals surface area contributed by atoms with Gasteiger partial charge in [-0.1, -0.05) is 0 Å². The highest BCUT2D eigenvalue weighted by molar-refractivity contribution is 5.66. The second-order valence-electron chi connectivity index (χ2n) is 3.51. The maximum atomic E-state index is 11.1. The number of carbonyl (C=O) groups excluding carboxylic acids is 1. The molecule has 0 saturated carbocycles. The van der Waals surface area contributed by atoms with Crippen LogP contribution in [0.15, 0.2) is 0 Å². The standard InChI is InChI=1S/C10H19N3O3/c1-13(2)6-8-16-10(14)12-5-3-4-7-15-9-11/h3-8H2,1-2H3,(H,12,14). The third-order valence-electron chi connectivity index (χ3n) is 1.78. The highest BCUT2D eigenvalue weighted by atomic mass is 16.5. The van der Waals surface area contributed by atoms with Crippen molar-refractivity contribution in [1.82, 2.24) is 10.2 Å². The van der Waals surface area contributed by atoms with Crippen LogP contribution in [-0.4, -0.2) is 51.4 Å². The first kappa shape index (κ1) is 14.5. The van der Waals surface area contributed by atoms with Crippen molar-refractivity contribution in [2.24, 2.45) is 0 Å². The molecule has 1 amide bonds. The number of alkyl carbamates (subject to hydrolysis) is 1. The zero-order chi connectivity index (χ0) is 12.2. The topological polar surface area (TPSA) is 74.6 Å². The van der Waals surface area contributed by atoms with Crippen LogP contribution < -0.4 is 5.32 Å². The molecule has 0 atom stereocenters. The largest absolute Gasteiger partial charge is 0.448 e. The molecule has 0 heterocycles. The van der Waals surface area contributed by atoms with Gasteiger partial charge in [0.2, 0.25) is 0 Å². The third-order valence-corrected chi connectivity index (χ3v) is 1.78. The fraction of sp³-hybridized carbons (Fsp3) is 0.800. The first-order valence-corrected chi connectivity index (χ1v) is 5.23. The summed E-state index contributed by atoms with van der Waals surface area (Å²) in [5, 5.41) is 10.7. The van der Waals surface area contributed by atoms with Crippen LogP contribution in [0, 0.1) is 11.5 Å². The summed E-state index contributed by atoms with van der Waals surface area (Å²) in [6.45, 7) is 2.03. The Morgan fingerprint density at radius 2 is 2.12 bits per heavy atom. The second-order valence-corrected chi connectivity index (χ2v) is 3.51. The maximum Gasteiger partial charge on any atom is 0.407 e. The quantitative estimate of drug-likeness (QED) is 0.486. The van der Waals surface area contributed by atoms with Gasteiger partial charge in [-0.3, -0.25) is 0 Å². The summed E-state index contributed by atoms with van der Waals surface area (Å²) in [5.74, 6) is 0. The van der Waals surface area contributed by atoms with Gasteiger partial charge in [-0.05, 0) is 26.9 Å². The monoisotopic (exact) mass is 229 g/mol. The minimum atomic E-state index is -0.400. The number of carbonyl (C=O) groups is 1. The lowest BCUT2D eigenvalue weighted by Gasteiger charge is -2.10. The van der Waals surface area contributed by atoms with Crippen molar-refractivity contribution in [3.63, 3.8) is 0 Å². The number of nitriles is 1. The molecule has 0 aromatic rings. The highest BCUT2D eigenvalue weighted by Crippen LogP contribution is 1.88. The maximum absolute atomic E-state index is 11.1. The number of amides is 1. The molecule has 0 bridgehead atoms. The Morgan fingerprint density at radius 1 is 1.38 bits per heavy atom. The molecule has 0 radical (unpaired) electrons. The van der Waals surface area contributed by atoms with Gasteiger partial charge in [0, 0.05) is 13.1 Å². The van der Waals surface area contributed by atoms with E-state index in [1.165, 1.54) is 0 Å². The lowest BCUT2D eigenvalue weighted by Crippen LogP contribution is -2.28. The molecule has 0 unspecified atom stereocenters. The molecule has 0 aromatic heterocycles. The van der Waals surface area contributed by atoms with Crippen molar-refractivity contribution >= 4 is 6.09 Å². The molecular weight excluding hydrogens is 210 g/mol. The summed E-state index contributed by atoms with van der Waals surface area (Å²) >= 11 is 0. The Labute approximate surface area is 96.1 Å². The Balaban J connectivity index is 3.21. The molecule has 0 aliphatic rings. The van der Waals surface area contributed by atoms with E-state index in [0.717, 1.165) is 12.8 Å². The van der Waals surface area contributed by atoms with E-state index >= 15 is 0 Å². The van der Waals surface area contributed by atoms with Crippen LogP contribution in [0.3, 0.4) is 0 Å². The lowest BCUT2D eigenvalue weighted by molar-refractivity contribution is 0.136. The Kier molecular flexibility index (Phi) is 9.12. The zero-order valence-corrected chi connectivity index (χ0v) is 9.86. The van der Waals surface area contributed by atoms with Crippen molar-refractivity contribution in [3.8, 4) is 6.26 Å². The number of unbranched alkanes of at least 4 members (excludes halogenated alkanes) is 1. The van der Waals surface area contributed by atoms with Gasteiger partial charge in [-0.25, -0.2) is 4.79 Å². The van der Waals surface area contributed by atoms with Gasteiger partial charge < -0.3 is 19.7 Å². The van der Waals surface area contributed by atoms with Crippen molar-refractivity contribution in [1.29, 1.82) is 5.26 Å².